The Kier molecular flexibility index (Phi) is 5.13. The van der Waals surface area contributed by atoms with Crippen LogP contribution in [-0.2, 0) is 14.8 Å². The van der Waals surface area contributed by atoms with Crippen molar-refractivity contribution in [3.8, 4) is 0 Å². The Morgan fingerprint density at radius 1 is 1.47 bits per heavy atom. The molecule has 0 unspecified atom stereocenters. The molecular formula is C11H13ClFNO4S. The minimum Gasteiger partial charge on any atom is -0.465 e. The van der Waals surface area contributed by atoms with Crippen LogP contribution in [0, 0.1) is 5.82 Å². The summed E-state index contributed by atoms with van der Waals surface area (Å²) in [5.41, 5.74) is -0.558. The van der Waals surface area contributed by atoms with E-state index in [0.29, 0.717) is 6.42 Å². The van der Waals surface area contributed by atoms with E-state index in [1.807, 2.05) is 0 Å². The van der Waals surface area contributed by atoms with Crippen LogP contribution in [0.5, 0.6) is 0 Å². The summed E-state index contributed by atoms with van der Waals surface area (Å²) in [5.74, 6) is -1.96. The molecule has 1 N–H and O–H groups in total. The van der Waals surface area contributed by atoms with Gasteiger partial charge < -0.3 is 4.74 Å². The van der Waals surface area contributed by atoms with Crippen molar-refractivity contribution < 1.29 is 22.3 Å². The highest BCUT2D eigenvalue weighted by Gasteiger charge is 2.21. The van der Waals surface area contributed by atoms with E-state index in [0.717, 1.165) is 19.2 Å². The van der Waals surface area contributed by atoms with Gasteiger partial charge in [-0.05, 0) is 18.6 Å². The Morgan fingerprint density at radius 2 is 2.11 bits per heavy atom. The van der Waals surface area contributed by atoms with Crippen LogP contribution in [0.2, 0.25) is 5.02 Å². The fraction of sp³-hybridized carbons (Fsp3) is 0.364. The van der Waals surface area contributed by atoms with E-state index < -0.39 is 27.4 Å². The van der Waals surface area contributed by atoms with Crippen LogP contribution in [0.1, 0.15) is 23.7 Å². The molecule has 5 nitrogen and oxygen atoms in total. The topological polar surface area (TPSA) is 72.5 Å². The van der Waals surface area contributed by atoms with Crippen molar-refractivity contribution in [2.24, 2.45) is 0 Å². The first kappa shape index (κ1) is 15.7. The van der Waals surface area contributed by atoms with Crippen LogP contribution in [-0.4, -0.2) is 27.2 Å². The quantitative estimate of drug-likeness (QED) is 0.848. The molecule has 0 aliphatic heterocycles. The van der Waals surface area contributed by atoms with Crippen molar-refractivity contribution in [1.29, 1.82) is 0 Å². The van der Waals surface area contributed by atoms with Crippen LogP contribution < -0.4 is 4.72 Å². The number of rotatable bonds is 5. The van der Waals surface area contributed by atoms with Crippen LogP contribution >= 0.6 is 11.6 Å². The molecular weight excluding hydrogens is 297 g/mol. The lowest BCUT2D eigenvalue weighted by molar-refractivity contribution is 0.0596. The van der Waals surface area contributed by atoms with Gasteiger partial charge in [0.1, 0.15) is 11.4 Å². The number of hydrogen-bond donors (Lipinski definition) is 1. The van der Waals surface area contributed by atoms with Gasteiger partial charge in [-0.1, -0.05) is 18.5 Å². The van der Waals surface area contributed by atoms with Gasteiger partial charge >= 0.3 is 5.97 Å². The lowest BCUT2D eigenvalue weighted by Crippen LogP contribution is -2.17. The first-order valence-corrected chi connectivity index (χ1v) is 7.42. The summed E-state index contributed by atoms with van der Waals surface area (Å²) in [6.07, 6.45) is 0.415. The van der Waals surface area contributed by atoms with Gasteiger partial charge in [-0.2, -0.15) is 0 Å². The summed E-state index contributed by atoms with van der Waals surface area (Å²) in [4.78, 5) is 11.4. The standard InChI is InChI=1S/C11H13ClFNO4S/c1-3-6-19(16,17)14-8-5-4-7(13)9(10(8)12)11(15)18-2/h4-5,14H,3,6H2,1-2H3. The number of halogens is 2. The molecule has 0 spiro atoms. The average Bonchev–Trinajstić information content (AvgIpc) is 2.32. The Bertz CT molecular complexity index is 589. The van der Waals surface area contributed by atoms with Gasteiger partial charge in [0.25, 0.3) is 0 Å². The molecule has 0 bridgehead atoms. The zero-order valence-corrected chi connectivity index (χ0v) is 11.9. The van der Waals surface area contributed by atoms with E-state index in [-0.39, 0.29) is 16.5 Å². The minimum absolute atomic E-state index is 0.0584. The van der Waals surface area contributed by atoms with Crippen molar-refractivity contribution >= 4 is 33.3 Å². The zero-order chi connectivity index (χ0) is 14.6. The Hall–Kier alpha value is -1.34. The van der Waals surface area contributed by atoms with Gasteiger partial charge in [-0.3, -0.25) is 4.72 Å². The molecule has 19 heavy (non-hydrogen) atoms. The largest absolute Gasteiger partial charge is 0.465 e. The number of nitrogens with one attached hydrogen (secondary N) is 1. The predicted molar refractivity (Wildman–Crippen MR) is 70.5 cm³/mol. The summed E-state index contributed by atoms with van der Waals surface area (Å²) in [6.45, 7) is 1.70. The first-order chi connectivity index (χ1) is 8.82. The van der Waals surface area contributed by atoms with Crippen LogP contribution in [0.4, 0.5) is 10.1 Å². The van der Waals surface area contributed by atoms with Gasteiger partial charge in [-0.15, -0.1) is 0 Å². The van der Waals surface area contributed by atoms with Gasteiger partial charge in [0.15, 0.2) is 0 Å². The second-order valence-electron chi connectivity index (χ2n) is 3.70. The molecule has 0 fully saturated rings. The summed E-state index contributed by atoms with van der Waals surface area (Å²) < 4.78 is 43.3. The molecule has 0 atom stereocenters. The monoisotopic (exact) mass is 309 g/mol. The number of esters is 1. The highest BCUT2D eigenvalue weighted by molar-refractivity contribution is 7.92. The summed E-state index contributed by atoms with van der Waals surface area (Å²) >= 11 is 5.83. The summed E-state index contributed by atoms with van der Waals surface area (Å²) in [6, 6.07) is 2.10. The smallest absolute Gasteiger partial charge is 0.342 e. The number of carbonyl (C=O) groups is 1. The van der Waals surface area contributed by atoms with E-state index in [1.165, 1.54) is 0 Å². The third-order valence-corrected chi connectivity index (χ3v) is 4.09. The maximum atomic E-state index is 13.5. The van der Waals surface area contributed by atoms with Gasteiger partial charge in [-0.25, -0.2) is 17.6 Å². The van der Waals surface area contributed by atoms with E-state index in [9.17, 15) is 17.6 Å². The molecule has 0 saturated carbocycles. The van der Waals surface area contributed by atoms with Crippen molar-refractivity contribution in [2.45, 2.75) is 13.3 Å². The molecule has 0 radical (unpaired) electrons. The van der Waals surface area contributed by atoms with Gasteiger partial charge in [0, 0.05) is 0 Å². The molecule has 0 aliphatic rings. The molecule has 1 aromatic rings. The number of benzene rings is 1. The SMILES string of the molecule is CCCS(=O)(=O)Nc1ccc(F)c(C(=O)OC)c1Cl. The molecule has 0 aliphatic carbocycles. The van der Waals surface area contributed by atoms with Gasteiger partial charge in [0.2, 0.25) is 10.0 Å². The first-order valence-electron chi connectivity index (χ1n) is 5.39. The molecule has 8 heteroatoms. The number of sulfonamides is 1. The van der Waals surface area contributed by atoms with Crippen LogP contribution in [0.15, 0.2) is 12.1 Å². The minimum atomic E-state index is -3.58. The number of carbonyl (C=O) groups excluding carboxylic acids is 1. The number of anilines is 1. The average molecular weight is 310 g/mol. The predicted octanol–water partition coefficient (Wildman–Crippen LogP) is 2.42. The number of ether oxygens (including phenoxy) is 1. The molecule has 106 valence electrons. The van der Waals surface area contributed by atoms with Crippen molar-refractivity contribution in [1.82, 2.24) is 0 Å². The maximum absolute atomic E-state index is 13.5. The second-order valence-corrected chi connectivity index (χ2v) is 5.92. The molecule has 0 amide bonds. The Balaban J connectivity index is 3.22. The number of hydrogen-bond acceptors (Lipinski definition) is 4. The highest BCUT2D eigenvalue weighted by Crippen LogP contribution is 2.29. The van der Waals surface area contributed by atoms with Crippen molar-refractivity contribution in [3.05, 3.63) is 28.5 Å². The second kappa shape index (κ2) is 6.21. The normalized spacial score (nSPS) is 11.2. The Morgan fingerprint density at radius 3 is 2.63 bits per heavy atom. The van der Waals surface area contributed by atoms with E-state index in [2.05, 4.69) is 9.46 Å². The maximum Gasteiger partial charge on any atom is 0.342 e. The van der Waals surface area contributed by atoms with Crippen molar-refractivity contribution in [2.75, 3.05) is 17.6 Å². The fourth-order valence-corrected chi connectivity index (χ4v) is 2.89. The third kappa shape index (κ3) is 3.81. The highest BCUT2D eigenvalue weighted by atomic mass is 35.5. The lowest BCUT2D eigenvalue weighted by Gasteiger charge is -2.11. The van der Waals surface area contributed by atoms with E-state index >= 15 is 0 Å². The lowest BCUT2D eigenvalue weighted by atomic mass is 10.2. The summed E-state index contributed by atoms with van der Waals surface area (Å²) in [5, 5.41) is -0.327. The molecule has 0 saturated heterocycles. The zero-order valence-electron chi connectivity index (χ0n) is 10.4. The molecule has 0 heterocycles. The third-order valence-electron chi connectivity index (χ3n) is 2.22. The molecule has 0 aromatic heterocycles. The Labute approximate surface area is 115 Å². The molecule has 1 aromatic carbocycles. The molecule has 1 rings (SSSR count). The van der Waals surface area contributed by atoms with Crippen LogP contribution in [0.3, 0.4) is 0 Å². The summed E-state index contributed by atoms with van der Waals surface area (Å²) in [7, 11) is -2.50. The van der Waals surface area contributed by atoms with Gasteiger partial charge in [0.05, 0.1) is 23.6 Å². The number of methoxy groups -OCH3 is 1. The fourth-order valence-electron chi connectivity index (χ4n) is 1.41. The van der Waals surface area contributed by atoms with E-state index in [1.54, 1.807) is 6.92 Å². The van der Waals surface area contributed by atoms with Crippen LogP contribution in [0.25, 0.3) is 0 Å². The van der Waals surface area contributed by atoms with Crippen molar-refractivity contribution in [3.63, 3.8) is 0 Å². The van der Waals surface area contributed by atoms with E-state index in [4.69, 9.17) is 11.6 Å².